The van der Waals surface area contributed by atoms with E-state index in [1.807, 2.05) is 19.6 Å². The molecule has 1 aromatic heterocycles. The highest BCUT2D eigenvalue weighted by molar-refractivity contribution is 5.28. The van der Waals surface area contributed by atoms with Crippen molar-refractivity contribution in [3.8, 4) is 0 Å². The standard InChI is InChI=1S/C8H11NO/c1-9-8-2-6-4-10-5-7(6)3-8/h4-5,8-9H,2-3H2,1H3. The van der Waals surface area contributed by atoms with E-state index in [1.54, 1.807) is 0 Å². The maximum absolute atomic E-state index is 5.05. The predicted molar refractivity (Wildman–Crippen MR) is 39.0 cm³/mol. The van der Waals surface area contributed by atoms with Crippen molar-refractivity contribution in [2.75, 3.05) is 7.05 Å². The number of hydrogen-bond acceptors (Lipinski definition) is 2. The topological polar surface area (TPSA) is 25.2 Å². The van der Waals surface area contributed by atoms with Gasteiger partial charge in [0.2, 0.25) is 0 Å². The van der Waals surface area contributed by atoms with Crippen molar-refractivity contribution in [2.45, 2.75) is 18.9 Å². The van der Waals surface area contributed by atoms with Gasteiger partial charge in [-0.25, -0.2) is 0 Å². The van der Waals surface area contributed by atoms with Crippen LogP contribution >= 0.6 is 0 Å². The maximum Gasteiger partial charge on any atom is 0.0938 e. The molecule has 0 radical (unpaired) electrons. The SMILES string of the molecule is CNC1Cc2cocc2C1. The van der Waals surface area contributed by atoms with Gasteiger partial charge in [-0.2, -0.15) is 0 Å². The molecule has 54 valence electrons. The summed E-state index contributed by atoms with van der Waals surface area (Å²) in [7, 11) is 2.01. The minimum Gasteiger partial charge on any atom is -0.472 e. The van der Waals surface area contributed by atoms with Gasteiger partial charge in [-0.05, 0) is 31.0 Å². The zero-order valence-corrected chi connectivity index (χ0v) is 6.05. The first-order valence-corrected chi connectivity index (χ1v) is 3.61. The van der Waals surface area contributed by atoms with Crippen molar-refractivity contribution in [3.63, 3.8) is 0 Å². The summed E-state index contributed by atoms with van der Waals surface area (Å²) >= 11 is 0. The van der Waals surface area contributed by atoms with Crippen LogP contribution in [0.2, 0.25) is 0 Å². The fourth-order valence-electron chi connectivity index (χ4n) is 1.52. The molecule has 0 unspecified atom stereocenters. The van der Waals surface area contributed by atoms with Crippen molar-refractivity contribution in [1.29, 1.82) is 0 Å². The molecule has 1 N–H and O–H groups in total. The predicted octanol–water partition coefficient (Wildman–Crippen LogP) is 0.966. The van der Waals surface area contributed by atoms with Crippen molar-refractivity contribution < 1.29 is 4.42 Å². The Bertz CT molecular complexity index is 208. The number of hydrogen-bond donors (Lipinski definition) is 1. The molecule has 2 rings (SSSR count). The van der Waals surface area contributed by atoms with Gasteiger partial charge in [0.1, 0.15) is 0 Å². The van der Waals surface area contributed by atoms with Crippen LogP contribution in [0.15, 0.2) is 16.9 Å². The van der Waals surface area contributed by atoms with Crippen LogP contribution in [-0.2, 0) is 12.8 Å². The molecule has 0 atom stereocenters. The molecule has 0 saturated carbocycles. The molecule has 0 spiro atoms. The van der Waals surface area contributed by atoms with Crippen LogP contribution in [0, 0.1) is 0 Å². The van der Waals surface area contributed by atoms with Gasteiger partial charge >= 0.3 is 0 Å². The Labute approximate surface area is 60.2 Å². The van der Waals surface area contributed by atoms with Crippen molar-refractivity contribution in [3.05, 3.63) is 23.7 Å². The van der Waals surface area contributed by atoms with Crippen LogP contribution in [0.3, 0.4) is 0 Å². The Hall–Kier alpha value is -0.760. The second-order valence-corrected chi connectivity index (χ2v) is 2.82. The van der Waals surface area contributed by atoms with E-state index in [4.69, 9.17) is 4.42 Å². The molecule has 0 amide bonds. The Morgan fingerprint density at radius 3 is 2.50 bits per heavy atom. The van der Waals surface area contributed by atoms with Crippen molar-refractivity contribution in [1.82, 2.24) is 5.32 Å². The lowest BCUT2D eigenvalue weighted by atomic mass is 10.2. The van der Waals surface area contributed by atoms with Crippen LogP contribution in [0.1, 0.15) is 11.1 Å². The minimum absolute atomic E-state index is 0.640. The molecular weight excluding hydrogens is 126 g/mol. The minimum atomic E-state index is 0.640. The number of rotatable bonds is 1. The zero-order valence-electron chi connectivity index (χ0n) is 6.05. The summed E-state index contributed by atoms with van der Waals surface area (Å²) in [4.78, 5) is 0. The van der Waals surface area contributed by atoms with Gasteiger partial charge in [0.05, 0.1) is 12.5 Å². The second kappa shape index (κ2) is 2.13. The summed E-state index contributed by atoms with van der Waals surface area (Å²) in [5.74, 6) is 0. The quantitative estimate of drug-likeness (QED) is 0.623. The molecule has 2 nitrogen and oxygen atoms in total. The van der Waals surface area contributed by atoms with Crippen LogP contribution in [0.5, 0.6) is 0 Å². The zero-order chi connectivity index (χ0) is 6.97. The lowest BCUT2D eigenvalue weighted by Crippen LogP contribution is -2.25. The summed E-state index contributed by atoms with van der Waals surface area (Å²) in [5.41, 5.74) is 2.75. The molecule has 1 aliphatic carbocycles. The molecule has 1 aliphatic rings. The van der Waals surface area contributed by atoms with Gasteiger partial charge in [-0.15, -0.1) is 0 Å². The van der Waals surface area contributed by atoms with Crippen LogP contribution < -0.4 is 5.32 Å². The van der Waals surface area contributed by atoms with E-state index < -0.39 is 0 Å². The Morgan fingerprint density at radius 2 is 2.00 bits per heavy atom. The summed E-state index contributed by atoms with van der Waals surface area (Å²) < 4.78 is 5.05. The second-order valence-electron chi connectivity index (χ2n) is 2.82. The van der Waals surface area contributed by atoms with Gasteiger partial charge in [0.25, 0.3) is 0 Å². The van der Waals surface area contributed by atoms with Crippen molar-refractivity contribution in [2.24, 2.45) is 0 Å². The van der Waals surface area contributed by atoms with Gasteiger partial charge in [-0.1, -0.05) is 0 Å². The first-order chi connectivity index (χ1) is 4.90. The van der Waals surface area contributed by atoms with Crippen LogP contribution in [-0.4, -0.2) is 13.1 Å². The molecule has 10 heavy (non-hydrogen) atoms. The van der Waals surface area contributed by atoms with Crippen molar-refractivity contribution >= 4 is 0 Å². The highest BCUT2D eigenvalue weighted by Crippen LogP contribution is 2.22. The smallest absolute Gasteiger partial charge is 0.0938 e. The monoisotopic (exact) mass is 137 g/mol. The molecular formula is C8H11NO. The average molecular weight is 137 g/mol. The largest absolute Gasteiger partial charge is 0.472 e. The molecule has 0 bridgehead atoms. The first-order valence-electron chi connectivity index (χ1n) is 3.61. The third-order valence-electron chi connectivity index (χ3n) is 2.17. The van der Waals surface area contributed by atoms with E-state index >= 15 is 0 Å². The molecule has 1 aromatic rings. The van der Waals surface area contributed by atoms with Gasteiger partial charge < -0.3 is 9.73 Å². The van der Waals surface area contributed by atoms with Gasteiger partial charge in [0, 0.05) is 6.04 Å². The number of likely N-dealkylation sites (N-methyl/N-ethyl adjacent to an activating group) is 1. The lowest BCUT2D eigenvalue weighted by molar-refractivity contribution is 0.532. The Kier molecular flexibility index (Phi) is 1.27. The fourth-order valence-corrected chi connectivity index (χ4v) is 1.52. The molecule has 2 heteroatoms. The maximum atomic E-state index is 5.05. The van der Waals surface area contributed by atoms with Gasteiger partial charge in [-0.3, -0.25) is 0 Å². The van der Waals surface area contributed by atoms with E-state index in [0.29, 0.717) is 6.04 Å². The number of fused-ring (bicyclic) bond motifs is 1. The van der Waals surface area contributed by atoms with Gasteiger partial charge in [0.15, 0.2) is 0 Å². The molecule has 0 aliphatic heterocycles. The number of nitrogens with one attached hydrogen (secondary N) is 1. The molecule has 0 aromatic carbocycles. The summed E-state index contributed by atoms with van der Waals surface area (Å²) in [5, 5.41) is 3.26. The third-order valence-corrected chi connectivity index (χ3v) is 2.17. The normalized spacial score (nSPS) is 17.7. The van der Waals surface area contributed by atoms with Crippen LogP contribution in [0.4, 0.5) is 0 Å². The third kappa shape index (κ3) is 0.762. The number of furan rings is 1. The molecule has 0 fully saturated rings. The fraction of sp³-hybridized carbons (Fsp3) is 0.500. The van der Waals surface area contributed by atoms with E-state index in [0.717, 1.165) is 12.8 Å². The Balaban J connectivity index is 2.21. The van der Waals surface area contributed by atoms with E-state index in [2.05, 4.69) is 5.32 Å². The average Bonchev–Trinajstić information content (AvgIpc) is 2.42. The summed E-state index contributed by atoms with van der Waals surface area (Å²) in [6.07, 6.45) is 5.96. The van der Waals surface area contributed by atoms with E-state index in [-0.39, 0.29) is 0 Å². The highest BCUT2D eigenvalue weighted by Gasteiger charge is 2.20. The summed E-state index contributed by atoms with van der Waals surface area (Å²) in [6, 6.07) is 0.640. The van der Waals surface area contributed by atoms with E-state index in [1.165, 1.54) is 11.1 Å². The highest BCUT2D eigenvalue weighted by atomic mass is 16.3. The van der Waals surface area contributed by atoms with E-state index in [9.17, 15) is 0 Å². The first kappa shape index (κ1) is 5.98. The Morgan fingerprint density at radius 1 is 1.40 bits per heavy atom. The molecule has 1 heterocycles. The van der Waals surface area contributed by atoms with Crippen LogP contribution in [0.25, 0.3) is 0 Å². The molecule has 0 saturated heterocycles. The lowest BCUT2D eigenvalue weighted by Gasteiger charge is -2.04. The summed E-state index contributed by atoms with van der Waals surface area (Å²) in [6.45, 7) is 0.